The Balaban J connectivity index is 4.26. The number of carbonyl (C=O) groups excluding carboxylic acids is 3. The quantitative estimate of drug-likeness (QED) is 0.0261. The largest absolute Gasteiger partial charge is 0.462 e. The van der Waals surface area contributed by atoms with Crippen LogP contribution in [0.25, 0.3) is 0 Å². The zero-order chi connectivity index (χ0) is 58.5. The smallest absolute Gasteiger partial charge is 0.306 e. The Morgan fingerprint density at radius 2 is 0.444 bits per heavy atom. The van der Waals surface area contributed by atoms with Gasteiger partial charge in [0.1, 0.15) is 13.2 Å². The van der Waals surface area contributed by atoms with Gasteiger partial charge in [0.15, 0.2) is 6.10 Å². The number of carbonyl (C=O) groups is 3. The van der Waals surface area contributed by atoms with Gasteiger partial charge in [-0.3, -0.25) is 14.4 Å². The van der Waals surface area contributed by atoms with Crippen molar-refractivity contribution in [2.45, 2.75) is 399 Å². The summed E-state index contributed by atoms with van der Waals surface area (Å²) in [5.41, 5.74) is 0. The van der Waals surface area contributed by atoms with Gasteiger partial charge >= 0.3 is 17.9 Å². The van der Waals surface area contributed by atoms with Gasteiger partial charge in [-0.2, -0.15) is 0 Å². The van der Waals surface area contributed by atoms with Crippen LogP contribution in [0.3, 0.4) is 0 Å². The number of allylic oxidation sites excluding steroid dienone is 8. The normalized spacial score (nSPS) is 12.3. The first-order valence-corrected chi connectivity index (χ1v) is 36.1. The molecule has 81 heavy (non-hydrogen) atoms. The van der Waals surface area contributed by atoms with Crippen molar-refractivity contribution in [1.82, 2.24) is 0 Å². The summed E-state index contributed by atoms with van der Waals surface area (Å²) in [5, 5.41) is 0. The van der Waals surface area contributed by atoms with Gasteiger partial charge in [0, 0.05) is 19.3 Å². The topological polar surface area (TPSA) is 78.9 Å². The number of ether oxygens (including phenoxy) is 3. The number of rotatable bonds is 67. The van der Waals surface area contributed by atoms with Gasteiger partial charge in [-0.05, 0) is 83.5 Å². The van der Waals surface area contributed by atoms with Gasteiger partial charge in [-0.1, -0.05) is 339 Å². The Labute approximate surface area is 505 Å². The van der Waals surface area contributed by atoms with Crippen molar-refractivity contribution in [1.29, 1.82) is 0 Å². The Morgan fingerprint density at radius 1 is 0.247 bits per heavy atom. The van der Waals surface area contributed by atoms with E-state index in [9.17, 15) is 14.4 Å². The fourth-order valence-corrected chi connectivity index (χ4v) is 10.9. The van der Waals surface area contributed by atoms with E-state index < -0.39 is 6.10 Å². The Kier molecular flexibility index (Phi) is 67.6. The number of unbranched alkanes of at least 4 members (excludes halogenated alkanes) is 48. The van der Waals surface area contributed by atoms with Crippen molar-refractivity contribution in [2.24, 2.45) is 0 Å². The molecule has 0 spiro atoms. The summed E-state index contributed by atoms with van der Waals surface area (Å²) in [6.45, 7) is 6.69. The molecule has 474 valence electrons. The molecule has 0 saturated heterocycles. The molecular weight excluding hydrogens is 997 g/mol. The molecule has 0 aromatic heterocycles. The predicted molar refractivity (Wildman–Crippen MR) is 353 cm³/mol. The Morgan fingerprint density at radius 3 is 0.679 bits per heavy atom. The SMILES string of the molecule is CCCCCCC/C=C\C/C=C\CCCCCCCCCCCCCCCCCC(=O)OCC(COC(=O)CCCCCCCCCCCCCCCCC)OC(=O)CCCCCCCCCCC/C=C\C/C=C\CCCCCCC. The van der Waals surface area contributed by atoms with Gasteiger partial charge in [-0.25, -0.2) is 0 Å². The molecule has 1 atom stereocenters. The van der Waals surface area contributed by atoms with E-state index >= 15 is 0 Å². The van der Waals surface area contributed by atoms with E-state index in [1.807, 2.05) is 0 Å². The minimum absolute atomic E-state index is 0.0696. The predicted octanol–water partition coefficient (Wildman–Crippen LogP) is 24.9. The molecule has 0 aliphatic rings. The van der Waals surface area contributed by atoms with Crippen LogP contribution in [0.15, 0.2) is 48.6 Å². The molecule has 0 N–H and O–H groups in total. The second-order valence-corrected chi connectivity index (χ2v) is 24.5. The van der Waals surface area contributed by atoms with Gasteiger partial charge in [0.25, 0.3) is 0 Å². The minimum Gasteiger partial charge on any atom is -0.462 e. The van der Waals surface area contributed by atoms with Crippen LogP contribution in [0.4, 0.5) is 0 Å². The number of esters is 3. The maximum Gasteiger partial charge on any atom is 0.306 e. The van der Waals surface area contributed by atoms with Gasteiger partial charge in [-0.15, -0.1) is 0 Å². The van der Waals surface area contributed by atoms with Crippen molar-refractivity contribution < 1.29 is 28.6 Å². The van der Waals surface area contributed by atoms with Crippen LogP contribution >= 0.6 is 0 Å². The maximum atomic E-state index is 13.0. The first-order valence-electron chi connectivity index (χ1n) is 36.1. The molecule has 0 aliphatic heterocycles. The lowest BCUT2D eigenvalue weighted by Gasteiger charge is -2.18. The third-order valence-electron chi connectivity index (χ3n) is 16.3. The zero-order valence-electron chi connectivity index (χ0n) is 54.6. The van der Waals surface area contributed by atoms with E-state index in [-0.39, 0.29) is 31.1 Å². The molecule has 0 bridgehead atoms. The minimum atomic E-state index is -0.774. The summed E-state index contributed by atoms with van der Waals surface area (Å²) in [7, 11) is 0. The molecule has 0 fully saturated rings. The molecule has 0 amide bonds. The maximum absolute atomic E-state index is 13.0. The van der Waals surface area contributed by atoms with Crippen LogP contribution in [0.2, 0.25) is 0 Å². The molecule has 1 unspecified atom stereocenters. The fraction of sp³-hybridized carbons (Fsp3) is 0.853. The highest BCUT2D eigenvalue weighted by molar-refractivity contribution is 5.71. The molecule has 6 nitrogen and oxygen atoms in total. The molecule has 0 aromatic rings. The molecule has 6 heteroatoms. The van der Waals surface area contributed by atoms with Crippen molar-refractivity contribution >= 4 is 17.9 Å². The summed E-state index contributed by atoms with van der Waals surface area (Å²) >= 11 is 0. The van der Waals surface area contributed by atoms with Gasteiger partial charge < -0.3 is 14.2 Å². The van der Waals surface area contributed by atoms with E-state index in [1.165, 1.54) is 283 Å². The van der Waals surface area contributed by atoms with E-state index in [0.717, 1.165) is 70.6 Å². The van der Waals surface area contributed by atoms with Crippen LogP contribution in [0.1, 0.15) is 393 Å². The highest BCUT2D eigenvalue weighted by Crippen LogP contribution is 2.18. The van der Waals surface area contributed by atoms with E-state index in [0.29, 0.717) is 19.3 Å². The van der Waals surface area contributed by atoms with Crippen molar-refractivity contribution in [3.8, 4) is 0 Å². The molecular formula is C75H138O6. The van der Waals surface area contributed by atoms with Crippen LogP contribution in [0.5, 0.6) is 0 Å². The summed E-state index contributed by atoms with van der Waals surface area (Å²) in [4.78, 5) is 38.5. The third kappa shape index (κ3) is 68.0. The fourth-order valence-electron chi connectivity index (χ4n) is 10.9. The zero-order valence-corrected chi connectivity index (χ0v) is 54.6. The lowest BCUT2D eigenvalue weighted by atomic mass is 10.0. The highest BCUT2D eigenvalue weighted by Gasteiger charge is 2.19. The highest BCUT2D eigenvalue weighted by atomic mass is 16.6. The van der Waals surface area contributed by atoms with Crippen molar-refractivity contribution in [3.63, 3.8) is 0 Å². The van der Waals surface area contributed by atoms with E-state index in [4.69, 9.17) is 14.2 Å². The standard InChI is InChI=1S/C75H138O6/c1-4-7-10-13-16-19-22-25-28-30-32-34-35-36-37-38-39-41-42-44-47-50-53-56-59-62-65-68-74(77)80-71-72(70-79-73(76)67-64-61-58-55-52-49-46-27-24-21-18-15-12-9-6-3)81-75(78)69-66-63-60-57-54-51-48-45-43-40-33-31-29-26-23-20-17-14-11-8-5-2/h22-23,25-26,30-33,72H,4-21,24,27-29,34-71H2,1-3H3/b25-22-,26-23-,32-30-,33-31-. The number of hydrogen-bond donors (Lipinski definition) is 0. The van der Waals surface area contributed by atoms with Crippen molar-refractivity contribution in [2.75, 3.05) is 13.2 Å². The molecule has 0 heterocycles. The summed E-state index contributed by atoms with van der Waals surface area (Å²) in [6, 6.07) is 0. The second kappa shape index (κ2) is 69.9. The monoisotopic (exact) mass is 1140 g/mol. The molecule has 0 saturated carbocycles. The van der Waals surface area contributed by atoms with Crippen molar-refractivity contribution in [3.05, 3.63) is 48.6 Å². The number of hydrogen-bond acceptors (Lipinski definition) is 6. The summed E-state index contributed by atoms with van der Waals surface area (Å²) < 4.78 is 17.0. The van der Waals surface area contributed by atoms with Crippen LogP contribution in [0, 0.1) is 0 Å². The lowest BCUT2D eigenvalue weighted by Crippen LogP contribution is -2.30. The van der Waals surface area contributed by atoms with Crippen LogP contribution in [-0.4, -0.2) is 37.2 Å². The lowest BCUT2D eigenvalue weighted by molar-refractivity contribution is -0.167. The first kappa shape index (κ1) is 78.4. The van der Waals surface area contributed by atoms with Gasteiger partial charge in [0.05, 0.1) is 0 Å². The Hall–Kier alpha value is -2.63. The molecule has 0 radical (unpaired) electrons. The Bertz CT molecular complexity index is 1400. The van der Waals surface area contributed by atoms with Crippen LogP contribution in [-0.2, 0) is 28.6 Å². The van der Waals surface area contributed by atoms with E-state index in [1.54, 1.807) is 0 Å². The van der Waals surface area contributed by atoms with Crippen LogP contribution < -0.4 is 0 Å². The summed E-state index contributed by atoms with van der Waals surface area (Å²) in [5.74, 6) is -0.845. The third-order valence-corrected chi connectivity index (χ3v) is 16.3. The second-order valence-electron chi connectivity index (χ2n) is 24.5. The van der Waals surface area contributed by atoms with E-state index in [2.05, 4.69) is 69.4 Å². The molecule has 0 aromatic carbocycles. The molecule has 0 rings (SSSR count). The molecule has 0 aliphatic carbocycles. The average molecular weight is 1140 g/mol. The first-order chi connectivity index (χ1) is 40.0. The summed E-state index contributed by atoms with van der Waals surface area (Å²) in [6.07, 6.45) is 88.5. The van der Waals surface area contributed by atoms with Gasteiger partial charge in [0.2, 0.25) is 0 Å². The average Bonchev–Trinajstić information content (AvgIpc) is 3.47.